The predicted molar refractivity (Wildman–Crippen MR) is 59.9 cm³/mol. The van der Waals surface area contributed by atoms with Crippen molar-refractivity contribution in [1.82, 2.24) is 0 Å². The Bertz CT molecular complexity index is 246. The van der Waals surface area contributed by atoms with Gasteiger partial charge in [-0.05, 0) is 6.92 Å². The fraction of sp³-hybridized carbons (Fsp3) is 0.273. The summed E-state index contributed by atoms with van der Waals surface area (Å²) in [6.07, 6.45) is 0.865. The van der Waals surface area contributed by atoms with Gasteiger partial charge in [-0.15, -0.1) is 6.58 Å². The largest absolute Gasteiger partial charge is 0.385 e. The highest BCUT2D eigenvalue weighted by Gasteiger charge is 2.07. The molecule has 13 heavy (non-hydrogen) atoms. The molecular weight excluding hydrogens is 176 g/mol. The maximum Gasteiger partial charge on any atom is 0.122 e. The molecule has 1 atom stereocenters. The highest BCUT2D eigenvalue weighted by molar-refractivity contribution is 6.77. The predicted octanol–water partition coefficient (Wildman–Crippen LogP) is 1.42. The Balaban J connectivity index is 2.61. The summed E-state index contributed by atoms with van der Waals surface area (Å²) in [5.41, 5.74) is 2.07. The van der Waals surface area contributed by atoms with Crippen molar-refractivity contribution < 1.29 is 4.74 Å². The average molecular weight is 192 g/mol. The quantitative estimate of drug-likeness (QED) is 0.641. The second kappa shape index (κ2) is 5.73. The summed E-state index contributed by atoms with van der Waals surface area (Å²) in [6.45, 7) is 6.70. The summed E-state index contributed by atoms with van der Waals surface area (Å²) in [5, 5.41) is 1.41. The average Bonchev–Trinajstić information content (AvgIpc) is 2.21. The molecule has 2 heteroatoms. The van der Waals surface area contributed by atoms with Crippen molar-refractivity contribution in [2.45, 2.75) is 6.92 Å². The third-order valence-electron chi connectivity index (χ3n) is 2.01. The molecule has 0 aromatic heterocycles. The third-order valence-corrected chi connectivity index (χ3v) is 4.42. The van der Waals surface area contributed by atoms with Gasteiger partial charge in [-0.2, -0.15) is 0 Å². The number of rotatable bonds is 5. The SMILES string of the molecule is C=C[SiH](COCC)c1ccccc1. The van der Waals surface area contributed by atoms with Crippen LogP contribution in [0, 0.1) is 0 Å². The van der Waals surface area contributed by atoms with Gasteiger partial charge in [-0.1, -0.05) is 41.2 Å². The van der Waals surface area contributed by atoms with E-state index in [0.717, 1.165) is 12.8 Å². The van der Waals surface area contributed by atoms with E-state index in [1.807, 2.05) is 13.0 Å². The summed E-state index contributed by atoms with van der Waals surface area (Å²) in [4.78, 5) is 0. The molecule has 0 radical (unpaired) electrons. The van der Waals surface area contributed by atoms with Gasteiger partial charge in [0, 0.05) is 12.8 Å². The molecule has 1 nitrogen and oxygen atoms in total. The van der Waals surface area contributed by atoms with E-state index in [9.17, 15) is 0 Å². The lowest BCUT2D eigenvalue weighted by Gasteiger charge is -2.10. The van der Waals surface area contributed by atoms with Crippen molar-refractivity contribution in [2.75, 3.05) is 12.8 Å². The van der Waals surface area contributed by atoms with Gasteiger partial charge in [0.15, 0.2) is 0 Å². The number of hydrogen-bond donors (Lipinski definition) is 0. The first-order valence-corrected chi connectivity index (χ1v) is 6.69. The molecule has 70 valence electrons. The van der Waals surface area contributed by atoms with Crippen LogP contribution in [-0.2, 0) is 4.74 Å². The molecule has 0 N–H and O–H groups in total. The van der Waals surface area contributed by atoms with Crippen molar-refractivity contribution in [3.63, 3.8) is 0 Å². The van der Waals surface area contributed by atoms with E-state index in [2.05, 4.69) is 36.5 Å². The van der Waals surface area contributed by atoms with Gasteiger partial charge in [0.1, 0.15) is 8.80 Å². The molecule has 0 spiro atoms. The summed E-state index contributed by atoms with van der Waals surface area (Å²) in [5.74, 6) is 0. The van der Waals surface area contributed by atoms with Crippen LogP contribution >= 0.6 is 0 Å². The van der Waals surface area contributed by atoms with Gasteiger partial charge in [-0.3, -0.25) is 0 Å². The van der Waals surface area contributed by atoms with Gasteiger partial charge in [0.25, 0.3) is 0 Å². The lowest BCUT2D eigenvalue weighted by Crippen LogP contribution is -2.33. The molecule has 0 saturated heterocycles. The molecule has 0 fully saturated rings. The Morgan fingerprint density at radius 3 is 2.62 bits per heavy atom. The smallest absolute Gasteiger partial charge is 0.122 e. The summed E-state index contributed by atoms with van der Waals surface area (Å²) < 4.78 is 5.43. The van der Waals surface area contributed by atoms with Gasteiger partial charge < -0.3 is 4.74 Å². The maximum absolute atomic E-state index is 5.43. The minimum Gasteiger partial charge on any atom is -0.385 e. The normalized spacial score (nSPS) is 12.4. The van der Waals surface area contributed by atoms with E-state index < -0.39 is 8.80 Å². The van der Waals surface area contributed by atoms with Crippen LogP contribution in [0.25, 0.3) is 0 Å². The molecule has 1 rings (SSSR count). The van der Waals surface area contributed by atoms with Crippen LogP contribution in [0.1, 0.15) is 6.92 Å². The van der Waals surface area contributed by atoms with Crippen LogP contribution in [0.4, 0.5) is 0 Å². The molecule has 1 aromatic carbocycles. The van der Waals surface area contributed by atoms with Crippen LogP contribution in [-0.4, -0.2) is 21.6 Å². The van der Waals surface area contributed by atoms with Crippen LogP contribution in [0.3, 0.4) is 0 Å². The molecule has 0 heterocycles. The Morgan fingerprint density at radius 1 is 1.38 bits per heavy atom. The zero-order valence-corrected chi connectivity index (χ0v) is 9.23. The summed E-state index contributed by atoms with van der Waals surface area (Å²) >= 11 is 0. The first-order valence-electron chi connectivity index (χ1n) is 4.63. The minimum absolute atomic E-state index is 0.796. The molecule has 0 aliphatic rings. The number of ether oxygens (including phenoxy) is 1. The van der Waals surface area contributed by atoms with E-state index in [-0.39, 0.29) is 0 Å². The Morgan fingerprint density at radius 2 is 2.08 bits per heavy atom. The van der Waals surface area contributed by atoms with Gasteiger partial charge >= 0.3 is 0 Å². The molecule has 1 unspecified atom stereocenters. The van der Waals surface area contributed by atoms with Crippen molar-refractivity contribution >= 4 is 14.0 Å². The molecule has 0 aliphatic heterocycles. The third kappa shape index (κ3) is 3.17. The topological polar surface area (TPSA) is 9.23 Å². The van der Waals surface area contributed by atoms with E-state index in [1.54, 1.807) is 0 Å². The van der Waals surface area contributed by atoms with E-state index in [4.69, 9.17) is 4.74 Å². The van der Waals surface area contributed by atoms with Gasteiger partial charge in [0.05, 0.1) is 0 Å². The molecule has 0 aliphatic carbocycles. The van der Waals surface area contributed by atoms with Crippen LogP contribution in [0.15, 0.2) is 42.6 Å². The van der Waals surface area contributed by atoms with E-state index in [1.165, 1.54) is 5.19 Å². The number of benzene rings is 1. The number of hydrogen-bond acceptors (Lipinski definition) is 1. The van der Waals surface area contributed by atoms with Crippen LogP contribution < -0.4 is 5.19 Å². The van der Waals surface area contributed by atoms with Crippen molar-refractivity contribution in [2.24, 2.45) is 0 Å². The Labute approximate surface area is 81.7 Å². The van der Waals surface area contributed by atoms with Crippen LogP contribution in [0.5, 0.6) is 0 Å². The zero-order chi connectivity index (χ0) is 9.52. The lowest BCUT2D eigenvalue weighted by molar-refractivity contribution is 0.192. The zero-order valence-electron chi connectivity index (χ0n) is 8.07. The summed E-state index contributed by atoms with van der Waals surface area (Å²) in [6, 6.07) is 10.5. The van der Waals surface area contributed by atoms with Gasteiger partial charge in [-0.25, -0.2) is 0 Å². The lowest BCUT2D eigenvalue weighted by atomic mass is 10.4. The Kier molecular flexibility index (Phi) is 4.50. The monoisotopic (exact) mass is 192 g/mol. The highest BCUT2D eigenvalue weighted by Crippen LogP contribution is 1.91. The first kappa shape index (κ1) is 10.2. The minimum atomic E-state index is -1.05. The highest BCUT2D eigenvalue weighted by atomic mass is 28.3. The van der Waals surface area contributed by atoms with Crippen LogP contribution in [0.2, 0.25) is 0 Å². The molecule has 0 bridgehead atoms. The molecule has 0 amide bonds. The van der Waals surface area contributed by atoms with Crippen molar-refractivity contribution in [3.05, 3.63) is 42.6 Å². The fourth-order valence-electron chi connectivity index (χ4n) is 1.25. The van der Waals surface area contributed by atoms with E-state index >= 15 is 0 Å². The second-order valence-electron chi connectivity index (χ2n) is 2.91. The second-order valence-corrected chi connectivity index (χ2v) is 5.60. The van der Waals surface area contributed by atoms with Gasteiger partial charge in [0.2, 0.25) is 0 Å². The Hall–Kier alpha value is -0.863. The van der Waals surface area contributed by atoms with E-state index in [0.29, 0.717) is 0 Å². The standard InChI is InChI=1S/C11H16OSi/c1-3-12-10-13(4-2)11-8-6-5-7-9-11/h4-9,13H,2-3,10H2,1H3. The maximum atomic E-state index is 5.43. The summed E-state index contributed by atoms with van der Waals surface area (Å²) in [7, 11) is -1.05. The first-order chi connectivity index (χ1) is 6.38. The molecule has 0 saturated carbocycles. The fourth-order valence-corrected chi connectivity index (χ4v) is 3.05. The molecular formula is C11H16OSi. The van der Waals surface area contributed by atoms with Crippen molar-refractivity contribution in [1.29, 1.82) is 0 Å². The van der Waals surface area contributed by atoms with Crippen molar-refractivity contribution in [3.8, 4) is 0 Å². The molecule has 1 aromatic rings.